The maximum atomic E-state index is 12.1. The Bertz CT molecular complexity index is 460. The molecule has 2 unspecified atom stereocenters. The third-order valence-corrected chi connectivity index (χ3v) is 4.10. The minimum absolute atomic E-state index is 0.123. The number of rotatable bonds is 4. The number of hydrogen-bond acceptors (Lipinski definition) is 4. The maximum absolute atomic E-state index is 12.1. The van der Waals surface area contributed by atoms with Crippen LogP contribution in [0.4, 0.5) is 5.69 Å². The van der Waals surface area contributed by atoms with Crippen molar-refractivity contribution < 1.29 is 9.53 Å². The lowest BCUT2D eigenvalue weighted by molar-refractivity contribution is -0.122. The second-order valence-corrected chi connectivity index (χ2v) is 5.76. The van der Waals surface area contributed by atoms with Crippen LogP contribution < -0.4 is 15.5 Å². The monoisotopic (exact) mass is 289 g/mol. The van der Waals surface area contributed by atoms with E-state index in [1.165, 1.54) is 5.69 Å². The molecule has 0 aromatic heterocycles. The predicted molar refractivity (Wildman–Crippen MR) is 82.4 cm³/mol. The first-order valence-corrected chi connectivity index (χ1v) is 7.72. The molecule has 2 fully saturated rings. The number of nitrogens with one attached hydrogen (secondary N) is 2. The first-order valence-electron chi connectivity index (χ1n) is 7.72. The van der Waals surface area contributed by atoms with Crippen molar-refractivity contribution in [3.63, 3.8) is 0 Å². The van der Waals surface area contributed by atoms with Gasteiger partial charge in [-0.1, -0.05) is 18.2 Å². The van der Waals surface area contributed by atoms with Gasteiger partial charge < -0.3 is 20.3 Å². The molecule has 0 spiro atoms. The smallest absolute Gasteiger partial charge is 0.221 e. The molecule has 2 saturated heterocycles. The molecule has 2 atom stereocenters. The van der Waals surface area contributed by atoms with E-state index in [4.69, 9.17) is 4.74 Å². The summed E-state index contributed by atoms with van der Waals surface area (Å²) in [5.74, 6) is 0.123. The number of carbonyl (C=O) groups excluding carboxylic acids is 1. The maximum Gasteiger partial charge on any atom is 0.221 e. The first kappa shape index (κ1) is 14.4. The van der Waals surface area contributed by atoms with Crippen LogP contribution in [0.5, 0.6) is 0 Å². The molecular weight excluding hydrogens is 266 g/mol. The van der Waals surface area contributed by atoms with Crippen LogP contribution in [0.3, 0.4) is 0 Å². The summed E-state index contributed by atoms with van der Waals surface area (Å²) in [6.07, 6.45) is 1.51. The van der Waals surface area contributed by atoms with Gasteiger partial charge in [0, 0.05) is 43.8 Å². The number of anilines is 1. The molecule has 1 aromatic rings. The van der Waals surface area contributed by atoms with Crippen molar-refractivity contribution in [1.29, 1.82) is 0 Å². The van der Waals surface area contributed by atoms with Crippen molar-refractivity contribution >= 4 is 11.6 Å². The van der Waals surface area contributed by atoms with E-state index in [2.05, 4.69) is 39.8 Å². The van der Waals surface area contributed by atoms with Crippen molar-refractivity contribution in [3.05, 3.63) is 30.3 Å². The quantitative estimate of drug-likeness (QED) is 0.859. The van der Waals surface area contributed by atoms with Crippen LogP contribution in [-0.2, 0) is 9.53 Å². The third-order valence-electron chi connectivity index (χ3n) is 4.10. The topological polar surface area (TPSA) is 53.6 Å². The molecule has 2 N–H and O–H groups in total. The number of amides is 1. The van der Waals surface area contributed by atoms with E-state index in [0.717, 1.165) is 32.7 Å². The van der Waals surface area contributed by atoms with Crippen LogP contribution in [0.15, 0.2) is 30.3 Å². The fourth-order valence-electron chi connectivity index (χ4n) is 3.01. The molecule has 1 aromatic carbocycles. The molecule has 5 heteroatoms. The minimum atomic E-state index is 0.123. The van der Waals surface area contributed by atoms with Crippen LogP contribution >= 0.6 is 0 Å². The van der Waals surface area contributed by atoms with Gasteiger partial charge in [-0.2, -0.15) is 0 Å². The van der Waals surface area contributed by atoms with Crippen molar-refractivity contribution in [2.45, 2.75) is 24.9 Å². The number of ether oxygens (including phenoxy) is 1. The zero-order chi connectivity index (χ0) is 14.5. The Morgan fingerprint density at radius 2 is 2.24 bits per heavy atom. The van der Waals surface area contributed by atoms with Gasteiger partial charge in [0.2, 0.25) is 5.91 Å². The summed E-state index contributed by atoms with van der Waals surface area (Å²) < 4.78 is 5.38. The van der Waals surface area contributed by atoms with Crippen LogP contribution in [-0.4, -0.2) is 50.8 Å². The Morgan fingerprint density at radius 1 is 1.38 bits per heavy atom. The summed E-state index contributed by atoms with van der Waals surface area (Å²) in [5.41, 5.74) is 1.23. The number of nitrogens with zero attached hydrogens (tertiary/aromatic N) is 1. The molecule has 2 aliphatic heterocycles. The van der Waals surface area contributed by atoms with Gasteiger partial charge in [-0.05, 0) is 18.6 Å². The van der Waals surface area contributed by atoms with E-state index in [9.17, 15) is 4.79 Å². The molecule has 2 heterocycles. The van der Waals surface area contributed by atoms with Gasteiger partial charge in [-0.3, -0.25) is 4.79 Å². The number of para-hydroxylation sites is 1. The molecule has 0 radical (unpaired) electrons. The van der Waals surface area contributed by atoms with E-state index in [0.29, 0.717) is 13.0 Å². The van der Waals surface area contributed by atoms with Crippen LogP contribution in [0.2, 0.25) is 0 Å². The van der Waals surface area contributed by atoms with E-state index >= 15 is 0 Å². The van der Waals surface area contributed by atoms with Crippen molar-refractivity contribution in [2.75, 3.05) is 37.7 Å². The fraction of sp³-hybridized carbons (Fsp3) is 0.562. The highest BCUT2D eigenvalue weighted by Gasteiger charge is 2.25. The standard InChI is InChI=1S/C16H23N3O2/c20-16(10-14-12-21-9-7-17-14)18-13-6-8-19(11-13)15-4-2-1-3-5-15/h1-5,13-14,17H,6-12H2,(H,18,20). The van der Waals surface area contributed by atoms with Crippen molar-refractivity contribution in [3.8, 4) is 0 Å². The Kier molecular flexibility index (Phi) is 4.72. The summed E-state index contributed by atoms with van der Waals surface area (Å²) >= 11 is 0. The van der Waals surface area contributed by atoms with E-state index in [-0.39, 0.29) is 18.0 Å². The lowest BCUT2D eigenvalue weighted by Crippen LogP contribution is -2.46. The lowest BCUT2D eigenvalue weighted by Gasteiger charge is -2.24. The summed E-state index contributed by atoms with van der Waals surface area (Å²) in [4.78, 5) is 14.4. The summed E-state index contributed by atoms with van der Waals surface area (Å²) in [7, 11) is 0. The zero-order valence-corrected chi connectivity index (χ0v) is 12.3. The Labute approximate surface area is 125 Å². The summed E-state index contributed by atoms with van der Waals surface area (Å²) in [6, 6.07) is 10.8. The highest BCUT2D eigenvalue weighted by atomic mass is 16.5. The molecule has 0 saturated carbocycles. The highest BCUT2D eigenvalue weighted by molar-refractivity contribution is 5.77. The number of carbonyl (C=O) groups is 1. The minimum Gasteiger partial charge on any atom is -0.378 e. The number of morpholine rings is 1. The van der Waals surface area contributed by atoms with Gasteiger partial charge in [-0.25, -0.2) is 0 Å². The predicted octanol–water partition coefficient (Wildman–Crippen LogP) is 0.760. The van der Waals surface area contributed by atoms with Crippen LogP contribution in [0.1, 0.15) is 12.8 Å². The largest absolute Gasteiger partial charge is 0.378 e. The average molecular weight is 289 g/mol. The zero-order valence-electron chi connectivity index (χ0n) is 12.3. The Balaban J connectivity index is 1.45. The summed E-state index contributed by atoms with van der Waals surface area (Å²) in [5, 5.41) is 6.46. The van der Waals surface area contributed by atoms with E-state index in [1.54, 1.807) is 0 Å². The van der Waals surface area contributed by atoms with Crippen LogP contribution in [0.25, 0.3) is 0 Å². The Morgan fingerprint density at radius 3 is 3.00 bits per heavy atom. The van der Waals surface area contributed by atoms with Gasteiger partial charge in [0.05, 0.1) is 13.2 Å². The average Bonchev–Trinajstić information content (AvgIpc) is 2.97. The second kappa shape index (κ2) is 6.91. The van der Waals surface area contributed by atoms with Gasteiger partial charge in [0.25, 0.3) is 0 Å². The highest BCUT2D eigenvalue weighted by Crippen LogP contribution is 2.19. The van der Waals surface area contributed by atoms with Crippen LogP contribution in [0, 0.1) is 0 Å². The fourth-order valence-corrected chi connectivity index (χ4v) is 3.01. The second-order valence-electron chi connectivity index (χ2n) is 5.76. The molecular formula is C16H23N3O2. The lowest BCUT2D eigenvalue weighted by atomic mass is 10.1. The van der Waals surface area contributed by atoms with Gasteiger partial charge in [0.1, 0.15) is 0 Å². The van der Waals surface area contributed by atoms with Crippen molar-refractivity contribution in [1.82, 2.24) is 10.6 Å². The van der Waals surface area contributed by atoms with Gasteiger partial charge >= 0.3 is 0 Å². The molecule has 2 aliphatic rings. The molecule has 114 valence electrons. The van der Waals surface area contributed by atoms with Gasteiger partial charge in [-0.15, -0.1) is 0 Å². The Hall–Kier alpha value is -1.59. The molecule has 3 rings (SSSR count). The first-order chi connectivity index (χ1) is 10.3. The van der Waals surface area contributed by atoms with Gasteiger partial charge in [0.15, 0.2) is 0 Å². The number of hydrogen-bond donors (Lipinski definition) is 2. The number of benzene rings is 1. The van der Waals surface area contributed by atoms with Crippen molar-refractivity contribution in [2.24, 2.45) is 0 Å². The normalized spacial score (nSPS) is 25.8. The molecule has 0 bridgehead atoms. The third kappa shape index (κ3) is 3.95. The summed E-state index contributed by atoms with van der Waals surface area (Å²) in [6.45, 7) is 4.11. The molecule has 1 amide bonds. The SMILES string of the molecule is O=C(CC1COCCN1)NC1CCN(c2ccccc2)C1. The molecule has 5 nitrogen and oxygen atoms in total. The molecule has 0 aliphatic carbocycles. The van der Waals surface area contributed by atoms with E-state index < -0.39 is 0 Å². The van der Waals surface area contributed by atoms with E-state index in [1.807, 2.05) is 6.07 Å². The molecule has 21 heavy (non-hydrogen) atoms.